The Morgan fingerprint density at radius 3 is 1.50 bits per heavy atom. The van der Waals surface area contributed by atoms with Crippen molar-refractivity contribution in [1.29, 1.82) is 0 Å². The largest absolute Gasteiger partial charge is 0.295 e. The van der Waals surface area contributed by atoms with Crippen molar-refractivity contribution in [2.24, 2.45) is 0 Å². The van der Waals surface area contributed by atoms with Gasteiger partial charge in [-0.2, -0.15) is 0 Å². The van der Waals surface area contributed by atoms with Gasteiger partial charge in [0.1, 0.15) is 0 Å². The second-order valence-electron chi connectivity index (χ2n) is 6.82. The van der Waals surface area contributed by atoms with Crippen molar-refractivity contribution in [3.8, 4) is 0 Å². The highest BCUT2D eigenvalue weighted by atomic mass is 35.5. The van der Waals surface area contributed by atoms with Crippen molar-refractivity contribution in [2.45, 2.75) is 25.7 Å². The topological polar surface area (TPSA) is 17.1 Å². The van der Waals surface area contributed by atoms with Gasteiger partial charge in [-0.15, -0.1) is 11.6 Å². The zero-order valence-corrected chi connectivity index (χ0v) is 17.7. The molecule has 3 rings (SSSR count). The first-order valence-corrected chi connectivity index (χ1v) is 12.2. The van der Waals surface area contributed by atoms with E-state index in [4.69, 9.17) is 11.6 Å². The van der Waals surface area contributed by atoms with E-state index in [-0.39, 0.29) is 5.78 Å². The van der Waals surface area contributed by atoms with Crippen LogP contribution in [0.15, 0.2) is 91.0 Å². The van der Waals surface area contributed by atoms with E-state index in [2.05, 4.69) is 72.8 Å². The van der Waals surface area contributed by atoms with Crippen LogP contribution >= 0.6 is 18.5 Å². The molecule has 0 saturated heterocycles. The molecular weight excluding hydrogens is 383 g/mol. The average Bonchev–Trinajstić information content (AvgIpc) is 2.77. The third kappa shape index (κ3) is 4.85. The number of carbonyl (C=O) groups excluding carboxylic acids is 1. The second-order valence-corrected chi connectivity index (χ2v) is 10.5. The van der Waals surface area contributed by atoms with Crippen LogP contribution in [-0.2, 0) is 4.79 Å². The zero-order chi connectivity index (χ0) is 19.7. The van der Waals surface area contributed by atoms with E-state index in [1.54, 1.807) is 0 Å². The molecule has 0 amide bonds. The molecule has 0 spiro atoms. The van der Waals surface area contributed by atoms with E-state index in [0.717, 1.165) is 19.3 Å². The van der Waals surface area contributed by atoms with Crippen molar-refractivity contribution < 1.29 is 4.79 Å². The number of carbonyl (C=O) groups is 1. The minimum absolute atomic E-state index is 0.222. The molecule has 0 saturated carbocycles. The summed E-state index contributed by atoms with van der Waals surface area (Å²) in [6.07, 6.45) is 3.42. The van der Waals surface area contributed by atoms with Crippen LogP contribution in [0.2, 0.25) is 0 Å². The van der Waals surface area contributed by atoms with Crippen LogP contribution in [0.3, 0.4) is 0 Å². The molecule has 3 aromatic carbocycles. The van der Waals surface area contributed by atoms with Crippen molar-refractivity contribution in [1.82, 2.24) is 0 Å². The summed E-state index contributed by atoms with van der Waals surface area (Å²) in [7, 11) is 0. The molecule has 144 valence electrons. The molecule has 0 aromatic heterocycles. The van der Waals surface area contributed by atoms with Crippen LogP contribution < -0.4 is 15.9 Å². The molecule has 0 aliphatic heterocycles. The van der Waals surface area contributed by atoms with Crippen LogP contribution in [0.4, 0.5) is 0 Å². The minimum atomic E-state index is -2.17. The maximum absolute atomic E-state index is 13.1. The summed E-state index contributed by atoms with van der Waals surface area (Å²) in [4.78, 5) is 13.1. The summed E-state index contributed by atoms with van der Waals surface area (Å²) in [5.74, 6) is 2.92. The Hall–Kier alpha value is -2.08. The first kappa shape index (κ1) is 20.6. The molecule has 3 heteroatoms. The first-order valence-electron chi connectivity index (χ1n) is 9.77. The molecule has 0 fully saturated rings. The zero-order valence-electron chi connectivity index (χ0n) is 16.0. The summed E-state index contributed by atoms with van der Waals surface area (Å²) < 4.78 is 0. The Morgan fingerprint density at radius 2 is 1.11 bits per heavy atom. The predicted octanol–water partition coefficient (Wildman–Crippen LogP) is 5.15. The number of ketones is 1. The Bertz CT molecular complexity index is 817. The van der Waals surface area contributed by atoms with Gasteiger partial charge in [-0.25, -0.2) is 0 Å². The third-order valence-electron chi connectivity index (χ3n) is 4.88. The molecule has 0 unspecified atom stereocenters. The number of alkyl halides is 1. The highest BCUT2D eigenvalue weighted by molar-refractivity contribution is 7.95. The summed E-state index contributed by atoms with van der Waals surface area (Å²) in [6.45, 7) is -2.17. The van der Waals surface area contributed by atoms with Crippen LogP contribution in [0.1, 0.15) is 25.7 Å². The molecule has 0 aliphatic carbocycles. The third-order valence-corrected chi connectivity index (χ3v) is 9.17. The summed E-state index contributed by atoms with van der Waals surface area (Å²) in [5, 5.41) is 3.63. The van der Waals surface area contributed by atoms with Gasteiger partial charge in [-0.3, -0.25) is 4.79 Å². The van der Waals surface area contributed by atoms with Crippen LogP contribution in [0.5, 0.6) is 0 Å². The fourth-order valence-corrected chi connectivity index (χ4v) is 7.53. The van der Waals surface area contributed by atoms with Gasteiger partial charge in [-0.05, 0) is 41.4 Å². The smallest absolute Gasteiger partial charge is 0.156 e. The monoisotopic (exact) mass is 408 g/mol. The summed E-state index contributed by atoms with van der Waals surface area (Å²) >= 11 is 5.78. The summed E-state index contributed by atoms with van der Waals surface area (Å²) in [5.41, 5.74) is 0. The van der Waals surface area contributed by atoms with E-state index < -0.39 is 6.89 Å². The summed E-state index contributed by atoms with van der Waals surface area (Å²) in [6, 6.07) is 31.4. The molecule has 1 nitrogen and oxygen atoms in total. The van der Waals surface area contributed by atoms with Crippen LogP contribution in [-0.4, -0.2) is 17.5 Å². The van der Waals surface area contributed by atoms with Gasteiger partial charge >= 0.3 is 0 Å². The lowest BCUT2D eigenvalue weighted by atomic mass is 10.2. The first-order chi connectivity index (χ1) is 13.8. The lowest BCUT2D eigenvalue weighted by molar-refractivity contribution is -0.112. The van der Waals surface area contributed by atoms with E-state index in [1.165, 1.54) is 15.9 Å². The number of rotatable bonds is 9. The quantitative estimate of drug-likeness (QED) is 0.272. The molecule has 0 N–H and O–H groups in total. The van der Waals surface area contributed by atoms with Gasteiger partial charge in [0.2, 0.25) is 0 Å². The Kier molecular flexibility index (Phi) is 7.71. The fourth-order valence-electron chi connectivity index (χ4n) is 3.51. The minimum Gasteiger partial charge on any atom is -0.295 e. The normalized spacial score (nSPS) is 11.2. The van der Waals surface area contributed by atoms with Crippen molar-refractivity contribution in [3.63, 3.8) is 0 Å². The average molecular weight is 409 g/mol. The predicted molar refractivity (Wildman–Crippen MR) is 125 cm³/mol. The van der Waals surface area contributed by atoms with Gasteiger partial charge < -0.3 is 0 Å². The standard InChI is InChI=1S/C25H26ClOP/c26-20-12-4-5-13-22(27)21-28(23-14-6-1-7-15-23,24-16-8-2-9-17-24)25-18-10-3-11-19-25/h1-3,6-11,14-19,21H,4-5,12-13,20H2. The maximum Gasteiger partial charge on any atom is 0.156 e. The van der Waals surface area contributed by atoms with Crippen molar-refractivity contribution >= 4 is 46.0 Å². The van der Waals surface area contributed by atoms with Gasteiger partial charge in [0.05, 0.1) is 0 Å². The maximum atomic E-state index is 13.1. The Labute approximate surface area is 173 Å². The van der Waals surface area contributed by atoms with E-state index in [1.807, 2.05) is 24.0 Å². The van der Waals surface area contributed by atoms with Crippen molar-refractivity contribution in [3.05, 3.63) is 91.0 Å². The molecule has 0 atom stereocenters. The molecular formula is C25H26ClOP. The fraction of sp³-hybridized carbons (Fsp3) is 0.200. The lowest BCUT2D eigenvalue weighted by Gasteiger charge is -2.28. The highest BCUT2D eigenvalue weighted by Crippen LogP contribution is 2.43. The molecule has 28 heavy (non-hydrogen) atoms. The van der Waals surface area contributed by atoms with Crippen LogP contribution in [0, 0.1) is 0 Å². The molecule has 0 heterocycles. The van der Waals surface area contributed by atoms with E-state index in [0.29, 0.717) is 12.3 Å². The van der Waals surface area contributed by atoms with Gasteiger partial charge in [0, 0.05) is 12.3 Å². The lowest BCUT2D eigenvalue weighted by Crippen LogP contribution is -2.28. The molecule has 3 aromatic rings. The SMILES string of the molecule is O=C(C=P(c1ccccc1)(c1ccccc1)c1ccccc1)CCCCCCl. The van der Waals surface area contributed by atoms with Crippen molar-refractivity contribution in [2.75, 3.05) is 5.88 Å². The number of hydrogen-bond acceptors (Lipinski definition) is 1. The number of benzene rings is 3. The van der Waals surface area contributed by atoms with Crippen LogP contribution in [0.25, 0.3) is 0 Å². The Morgan fingerprint density at radius 1 is 0.679 bits per heavy atom. The molecule has 0 aliphatic rings. The van der Waals surface area contributed by atoms with Gasteiger partial charge in [0.25, 0.3) is 0 Å². The molecule has 0 radical (unpaired) electrons. The highest BCUT2D eigenvalue weighted by Gasteiger charge is 2.25. The van der Waals surface area contributed by atoms with E-state index in [9.17, 15) is 4.79 Å². The number of hydrogen-bond donors (Lipinski definition) is 0. The Balaban J connectivity index is 2.17. The van der Waals surface area contributed by atoms with E-state index >= 15 is 0 Å². The van der Waals surface area contributed by atoms with Gasteiger partial charge in [0.15, 0.2) is 5.78 Å². The number of unbranched alkanes of at least 4 members (excludes halogenated alkanes) is 2. The number of halogens is 1. The second kappa shape index (κ2) is 10.5. The molecule has 0 bridgehead atoms. The number of Topliss-reactive ketones (excluding diaryl/α,β-unsaturated/α-hetero) is 1. The van der Waals surface area contributed by atoms with Gasteiger partial charge in [-0.1, -0.05) is 97.4 Å².